The molecule has 2 rings (SSSR count). The van der Waals surface area contributed by atoms with E-state index in [1.807, 2.05) is 0 Å². The van der Waals surface area contributed by atoms with Crippen LogP contribution in [0.15, 0.2) is 53.7 Å². The van der Waals surface area contributed by atoms with Crippen LogP contribution in [0.2, 0.25) is 0 Å². The molecule has 4 nitrogen and oxygen atoms in total. The van der Waals surface area contributed by atoms with E-state index in [9.17, 15) is 13.2 Å². The standard InChI is InChI=1S/C12H11NO3S/c1-10(14)11-4-6-12(7-5-11)17(15,16)13-8-2-3-9-13/h2-9H,1H3. The SMILES string of the molecule is CC(=O)c1ccc(S(=O)(=O)n2cccc2)cc1. The summed E-state index contributed by atoms with van der Waals surface area (Å²) in [6, 6.07) is 9.18. The predicted molar refractivity (Wildman–Crippen MR) is 63.5 cm³/mol. The van der Waals surface area contributed by atoms with Crippen molar-refractivity contribution in [2.45, 2.75) is 11.8 Å². The van der Waals surface area contributed by atoms with Crippen LogP contribution in [0.3, 0.4) is 0 Å². The van der Waals surface area contributed by atoms with Crippen molar-refractivity contribution in [1.29, 1.82) is 0 Å². The van der Waals surface area contributed by atoms with Gasteiger partial charge in [0.2, 0.25) is 0 Å². The number of Topliss-reactive ketones (excluding diaryl/α,β-unsaturated/α-hetero) is 1. The summed E-state index contributed by atoms with van der Waals surface area (Å²) < 4.78 is 25.2. The Morgan fingerprint density at radius 1 is 1.06 bits per heavy atom. The molecule has 0 saturated heterocycles. The van der Waals surface area contributed by atoms with Gasteiger partial charge in [-0.1, -0.05) is 12.1 Å². The molecule has 17 heavy (non-hydrogen) atoms. The highest BCUT2D eigenvalue weighted by Gasteiger charge is 2.15. The highest BCUT2D eigenvalue weighted by Crippen LogP contribution is 2.14. The molecule has 0 aliphatic rings. The van der Waals surface area contributed by atoms with Crippen molar-refractivity contribution < 1.29 is 13.2 Å². The third-order valence-corrected chi connectivity index (χ3v) is 4.08. The molecule has 1 heterocycles. The van der Waals surface area contributed by atoms with Crippen LogP contribution in [0, 0.1) is 0 Å². The minimum absolute atomic E-state index is 0.0880. The molecule has 0 fully saturated rings. The van der Waals surface area contributed by atoms with Gasteiger partial charge in [0.1, 0.15) is 0 Å². The van der Waals surface area contributed by atoms with Crippen molar-refractivity contribution in [1.82, 2.24) is 3.97 Å². The summed E-state index contributed by atoms with van der Waals surface area (Å²) in [6.07, 6.45) is 2.93. The molecule has 0 N–H and O–H groups in total. The summed E-state index contributed by atoms with van der Waals surface area (Å²) in [5.74, 6) is -0.0880. The summed E-state index contributed by atoms with van der Waals surface area (Å²) in [5, 5.41) is 0. The van der Waals surface area contributed by atoms with E-state index in [0.29, 0.717) is 5.56 Å². The molecule has 0 saturated carbocycles. The molecule has 0 bridgehead atoms. The zero-order chi connectivity index (χ0) is 12.5. The number of carbonyl (C=O) groups excluding carboxylic acids is 1. The van der Waals surface area contributed by atoms with Gasteiger partial charge in [-0.2, -0.15) is 0 Å². The van der Waals surface area contributed by atoms with Crippen molar-refractivity contribution in [3.05, 3.63) is 54.4 Å². The van der Waals surface area contributed by atoms with E-state index in [-0.39, 0.29) is 10.7 Å². The first-order valence-corrected chi connectivity index (χ1v) is 6.45. The van der Waals surface area contributed by atoms with Crippen molar-refractivity contribution in [3.8, 4) is 0 Å². The van der Waals surface area contributed by atoms with Crippen LogP contribution < -0.4 is 0 Å². The molecule has 0 aliphatic carbocycles. The first-order valence-electron chi connectivity index (χ1n) is 5.01. The van der Waals surface area contributed by atoms with Gasteiger partial charge in [-0.15, -0.1) is 0 Å². The summed E-state index contributed by atoms with van der Waals surface area (Å²) in [5.41, 5.74) is 0.497. The lowest BCUT2D eigenvalue weighted by molar-refractivity contribution is 0.101. The van der Waals surface area contributed by atoms with Crippen molar-refractivity contribution in [3.63, 3.8) is 0 Å². The number of hydrogen-bond donors (Lipinski definition) is 0. The third kappa shape index (κ3) is 2.14. The molecule has 0 radical (unpaired) electrons. The monoisotopic (exact) mass is 249 g/mol. The van der Waals surface area contributed by atoms with Crippen LogP contribution in [0.5, 0.6) is 0 Å². The van der Waals surface area contributed by atoms with E-state index in [2.05, 4.69) is 0 Å². The predicted octanol–water partition coefficient (Wildman–Crippen LogP) is 1.93. The maximum absolute atomic E-state index is 12.1. The van der Waals surface area contributed by atoms with Gasteiger partial charge in [0, 0.05) is 18.0 Å². The Labute approximate surface area is 99.6 Å². The lowest BCUT2D eigenvalue weighted by Crippen LogP contribution is -2.10. The zero-order valence-corrected chi connectivity index (χ0v) is 10.0. The van der Waals surface area contributed by atoms with E-state index in [1.54, 1.807) is 12.1 Å². The highest BCUT2D eigenvalue weighted by atomic mass is 32.2. The Bertz CT molecular complexity index is 625. The molecule has 0 atom stereocenters. The Morgan fingerprint density at radius 2 is 1.59 bits per heavy atom. The van der Waals surface area contributed by atoms with Gasteiger partial charge in [-0.3, -0.25) is 4.79 Å². The van der Waals surface area contributed by atoms with E-state index < -0.39 is 10.0 Å². The summed E-state index contributed by atoms with van der Waals surface area (Å²) in [6.45, 7) is 1.44. The molecular weight excluding hydrogens is 238 g/mol. The molecular formula is C12H11NO3S. The average Bonchev–Trinajstić information content (AvgIpc) is 2.83. The minimum Gasteiger partial charge on any atom is -0.295 e. The molecule has 0 aliphatic heterocycles. The summed E-state index contributed by atoms with van der Waals surface area (Å²) in [7, 11) is -3.53. The van der Waals surface area contributed by atoms with E-state index in [4.69, 9.17) is 0 Å². The molecule has 0 unspecified atom stereocenters. The normalized spacial score (nSPS) is 11.4. The van der Waals surface area contributed by atoms with Gasteiger partial charge in [-0.25, -0.2) is 12.4 Å². The zero-order valence-electron chi connectivity index (χ0n) is 9.20. The molecule has 0 amide bonds. The van der Waals surface area contributed by atoms with Crippen LogP contribution >= 0.6 is 0 Å². The topological polar surface area (TPSA) is 56.1 Å². The Morgan fingerprint density at radius 3 is 2.06 bits per heavy atom. The van der Waals surface area contributed by atoms with Crippen molar-refractivity contribution in [2.24, 2.45) is 0 Å². The number of rotatable bonds is 3. The fraction of sp³-hybridized carbons (Fsp3) is 0.0833. The molecule has 1 aromatic heterocycles. The maximum Gasteiger partial charge on any atom is 0.267 e. The van der Waals surface area contributed by atoms with Crippen LogP contribution in [0.4, 0.5) is 0 Å². The maximum atomic E-state index is 12.1. The highest BCUT2D eigenvalue weighted by molar-refractivity contribution is 7.90. The number of carbonyl (C=O) groups is 1. The number of benzene rings is 1. The van der Waals surface area contributed by atoms with Gasteiger partial charge >= 0.3 is 0 Å². The smallest absolute Gasteiger partial charge is 0.267 e. The Hall–Kier alpha value is -1.88. The van der Waals surface area contributed by atoms with Gasteiger partial charge in [0.05, 0.1) is 4.90 Å². The Balaban J connectivity index is 2.45. The lowest BCUT2D eigenvalue weighted by Gasteiger charge is -2.05. The molecule has 2 aromatic rings. The van der Waals surface area contributed by atoms with Gasteiger partial charge < -0.3 is 0 Å². The second-order valence-electron chi connectivity index (χ2n) is 3.60. The largest absolute Gasteiger partial charge is 0.295 e. The molecule has 1 aromatic carbocycles. The summed E-state index contributed by atoms with van der Waals surface area (Å²) in [4.78, 5) is 11.2. The van der Waals surface area contributed by atoms with Crippen LogP contribution in [0.1, 0.15) is 17.3 Å². The van der Waals surface area contributed by atoms with E-state index in [1.165, 1.54) is 43.6 Å². The van der Waals surface area contributed by atoms with Gasteiger partial charge in [-0.05, 0) is 31.2 Å². The minimum atomic E-state index is -3.53. The first kappa shape index (κ1) is 11.6. The number of nitrogens with zero attached hydrogens (tertiary/aromatic N) is 1. The van der Waals surface area contributed by atoms with Crippen molar-refractivity contribution >= 4 is 15.8 Å². The van der Waals surface area contributed by atoms with Crippen LogP contribution in [-0.4, -0.2) is 18.2 Å². The fourth-order valence-electron chi connectivity index (χ4n) is 1.46. The van der Waals surface area contributed by atoms with E-state index in [0.717, 1.165) is 3.97 Å². The number of hydrogen-bond acceptors (Lipinski definition) is 3. The molecule has 0 spiro atoms. The molecule has 88 valence electrons. The average molecular weight is 249 g/mol. The van der Waals surface area contributed by atoms with Crippen LogP contribution in [0.25, 0.3) is 0 Å². The van der Waals surface area contributed by atoms with E-state index >= 15 is 0 Å². The quantitative estimate of drug-likeness (QED) is 0.781. The third-order valence-electron chi connectivity index (χ3n) is 2.41. The molecule has 5 heteroatoms. The number of aromatic nitrogens is 1. The second kappa shape index (κ2) is 4.18. The van der Waals surface area contributed by atoms with Gasteiger partial charge in [0.15, 0.2) is 5.78 Å². The van der Waals surface area contributed by atoms with Crippen LogP contribution in [-0.2, 0) is 10.0 Å². The lowest BCUT2D eigenvalue weighted by atomic mass is 10.2. The Kier molecular flexibility index (Phi) is 2.85. The summed E-state index contributed by atoms with van der Waals surface area (Å²) >= 11 is 0. The fourth-order valence-corrected chi connectivity index (χ4v) is 2.65. The van der Waals surface area contributed by atoms with Gasteiger partial charge in [0.25, 0.3) is 10.0 Å². The second-order valence-corrected chi connectivity index (χ2v) is 5.44. The van der Waals surface area contributed by atoms with Crippen molar-refractivity contribution in [2.75, 3.05) is 0 Å². The number of ketones is 1. The first-order chi connectivity index (χ1) is 8.01.